The maximum absolute atomic E-state index is 12.9. The summed E-state index contributed by atoms with van der Waals surface area (Å²) in [6, 6.07) is 14.9. The van der Waals surface area contributed by atoms with Crippen molar-refractivity contribution >= 4 is 23.4 Å². The van der Waals surface area contributed by atoms with Crippen molar-refractivity contribution in [2.24, 2.45) is 0 Å². The van der Waals surface area contributed by atoms with Gasteiger partial charge < -0.3 is 15.5 Å². The first kappa shape index (κ1) is 18.4. The van der Waals surface area contributed by atoms with Crippen LogP contribution in [0.4, 0.5) is 0 Å². The van der Waals surface area contributed by atoms with Gasteiger partial charge in [0, 0.05) is 5.56 Å². The van der Waals surface area contributed by atoms with Gasteiger partial charge in [-0.2, -0.15) is 0 Å². The Morgan fingerprint density at radius 2 is 1.70 bits per heavy atom. The fraction of sp³-hybridized carbons (Fsp3) is 0.190. The number of aliphatic hydroxyl groups excluding tert-OH is 1. The second-order valence-electron chi connectivity index (χ2n) is 6.88. The summed E-state index contributed by atoms with van der Waals surface area (Å²) in [5.41, 5.74) is 1.39. The topological polar surface area (TPSA) is 104 Å². The molecule has 138 valence electrons. The molecule has 0 spiro atoms. The number of benzene rings is 2. The van der Waals surface area contributed by atoms with Gasteiger partial charge >= 0.3 is 5.97 Å². The highest BCUT2D eigenvalue weighted by Crippen LogP contribution is 2.41. The first-order valence-electron chi connectivity index (χ1n) is 8.42. The van der Waals surface area contributed by atoms with Crippen LogP contribution in [-0.2, 0) is 19.8 Å². The van der Waals surface area contributed by atoms with Crippen LogP contribution in [-0.4, -0.2) is 34.4 Å². The molecule has 2 aromatic carbocycles. The average Bonchev–Trinajstić information content (AvgIpc) is 2.65. The van der Waals surface area contributed by atoms with Gasteiger partial charge in [-0.05, 0) is 36.6 Å². The minimum atomic E-state index is -1.24. The standard InChI is InChI=1S/C21H19NO5/c1-21(2)15-10-13(12-6-4-3-5-7-12)8-9-14(15)18(25)17(19(21)26)20(27)22-11-16(23)24/h3-10,25H,11H2,1-2H3,(H,22,27)(H,23,24). The van der Waals surface area contributed by atoms with Crippen LogP contribution in [0.3, 0.4) is 0 Å². The summed E-state index contributed by atoms with van der Waals surface area (Å²) in [6.45, 7) is 2.73. The van der Waals surface area contributed by atoms with E-state index < -0.39 is 41.0 Å². The van der Waals surface area contributed by atoms with Gasteiger partial charge in [0.2, 0.25) is 0 Å². The number of carbonyl (C=O) groups is 3. The van der Waals surface area contributed by atoms with Gasteiger partial charge in [-0.25, -0.2) is 0 Å². The number of carboxylic acid groups (broad SMARTS) is 1. The first-order chi connectivity index (χ1) is 12.7. The molecule has 0 radical (unpaired) electrons. The largest absolute Gasteiger partial charge is 0.506 e. The van der Waals surface area contributed by atoms with Crippen LogP contribution in [0.1, 0.15) is 25.0 Å². The number of carboxylic acids is 1. The molecule has 1 amide bonds. The maximum Gasteiger partial charge on any atom is 0.322 e. The van der Waals surface area contributed by atoms with Gasteiger partial charge in [0.05, 0.1) is 5.41 Å². The lowest BCUT2D eigenvalue weighted by atomic mass is 9.70. The Hall–Kier alpha value is -3.41. The molecule has 1 aliphatic rings. The summed E-state index contributed by atoms with van der Waals surface area (Å²) >= 11 is 0. The summed E-state index contributed by atoms with van der Waals surface area (Å²) in [4.78, 5) is 35.9. The minimum Gasteiger partial charge on any atom is -0.506 e. The van der Waals surface area contributed by atoms with Gasteiger partial charge in [0.15, 0.2) is 5.78 Å². The van der Waals surface area contributed by atoms with E-state index in [0.717, 1.165) is 11.1 Å². The van der Waals surface area contributed by atoms with Crippen molar-refractivity contribution in [3.63, 3.8) is 0 Å². The van der Waals surface area contributed by atoms with Crippen LogP contribution >= 0.6 is 0 Å². The van der Waals surface area contributed by atoms with Crippen LogP contribution in [0.25, 0.3) is 16.9 Å². The molecule has 0 atom stereocenters. The van der Waals surface area contributed by atoms with Gasteiger partial charge in [-0.3, -0.25) is 14.4 Å². The fourth-order valence-electron chi connectivity index (χ4n) is 3.21. The normalized spacial score (nSPS) is 15.3. The summed E-state index contributed by atoms with van der Waals surface area (Å²) in [5, 5.41) is 21.4. The smallest absolute Gasteiger partial charge is 0.322 e. The molecule has 0 fully saturated rings. The molecule has 2 aromatic rings. The number of rotatable bonds is 4. The van der Waals surface area contributed by atoms with E-state index in [-0.39, 0.29) is 0 Å². The third-order valence-electron chi connectivity index (χ3n) is 4.71. The molecule has 0 bridgehead atoms. The maximum atomic E-state index is 12.9. The number of amides is 1. The summed E-state index contributed by atoms with van der Waals surface area (Å²) in [5.74, 6) is -3.12. The fourth-order valence-corrected chi connectivity index (χ4v) is 3.21. The number of fused-ring (bicyclic) bond motifs is 1. The Bertz CT molecular complexity index is 973. The van der Waals surface area contributed by atoms with Crippen molar-refractivity contribution in [1.29, 1.82) is 0 Å². The Kier molecular flexibility index (Phi) is 4.57. The van der Waals surface area contributed by atoms with E-state index in [1.54, 1.807) is 19.9 Å². The van der Waals surface area contributed by atoms with Crippen LogP contribution in [0.15, 0.2) is 54.1 Å². The number of nitrogens with one attached hydrogen (secondary N) is 1. The number of hydrogen-bond acceptors (Lipinski definition) is 4. The summed E-state index contributed by atoms with van der Waals surface area (Å²) in [6.07, 6.45) is 0. The van der Waals surface area contributed by atoms with Crippen molar-refractivity contribution in [3.05, 3.63) is 65.2 Å². The molecule has 6 nitrogen and oxygen atoms in total. The number of carbonyl (C=O) groups excluding carboxylic acids is 2. The van der Waals surface area contributed by atoms with Crippen molar-refractivity contribution in [2.45, 2.75) is 19.3 Å². The zero-order chi connectivity index (χ0) is 19.8. The Balaban J connectivity index is 2.11. The summed E-state index contributed by atoms with van der Waals surface area (Å²) < 4.78 is 0. The summed E-state index contributed by atoms with van der Waals surface area (Å²) in [7, 11) is 0. The minimum absolute atomic E-state index is 0.389. The van der Waals surface area contributed by atoms with E-state index in [0.29, 0.717) is 11.1 Å². The molecule has 6 heteroatoms. The lowest BCUT2D eigenvalue weighted by molar-refractivity contribution is -0.138. The van der Waals surface area contributed by atoms with Crippen molar-refractivity contribution < 1.29 is 24.6 Å². The van der Waals surface area contributed by atoms with E-state index in [1.165, 1.54) is 0 Å². The van der Waals surface area contributed by atoms with Gasteiger partial charge in [0.25, 0.3) is 5.91 Å². The predicted molar refractivity (Wildman–Crippen MR) is 100 cm³/mol. The zero-order valence-corrected chi connectivity index (χ0v) is 14.9. The van der Waals surface area contributed by atoms with Crippen LogP contribution in [0, 0.1) is 0 Å². The first-order valence-corrected chi connectivity index (χ1v) is 8.42. The highest BCUT2D eigenvalue weighted by Gasteiger charge is 2.43. The molecule has 3 rings (SSSR count). The third kappa shape index (κ3) is 3.21. The molecule has 0 saturated carbocycles. The SMILES string of the molecule is CC1(C)C(=O)C(C(=O)NCC(=O)O)=C(O)c2ccc(-c3ccccc3)cc21. The average molecular weight is 365 g/mol. The van der Waals surface area contributed by atoms with Crippen LogP contribution < -0.4 is 5.32 Å². The van der Waals surface area contributed by atoms with Gasteiger partial charge in [0.1, 0.15) is 17.9 Å². The van der Waals surface area contributed by atoms with E-state index in [4.69, 9.17) is 5.11 Å². The molecule has 0 aromatic heterocycles. The highest BCUT2D eigenvalue weighted by molar-refractivity contribution is 6.28. The lowest BCUT2D eigenvalue weighted by Crippen LogP contribution is -2.42. The molecule has 27 heavy (non-hydrogen) atoms. The molecule has 3 N–H and O–H groups in total. The van der Waals surface area contributed by atoms with Crippen LogP contribution in [0.5, 0.6) is 0 Å². The molecular weight excluding hydrogens is 346 g/mol. The van der Waals surface area contributed by atoms with Crippen molar-refractivity contribution in [2.75, 3.05) is 6.54 Å². The second kappa shape index (κ2) is 6.72. The number of Topliss-reactive ketones (excluding diaryl/α,β-unsaturated/α-hetero) is 1. The molecule has 1 aliphatic carbocycles. The van der Waals surface area contributed by atoms with E-state index in [2.05, 4.69) is 5.32 Å². The lowest BCUT2D eigenvalue weighted by Gasteiger charge is -2.32. The number of aliphatic hydroxyl groups is 1. The highest BCUT2D eigenvalue weighted by atomic mass is 16.4. The molecule has 0 saturated heterocycles. The quantitative estimate of drug-likeness (QED) is 0.723. The number of aliphatic carboxylic acids is 1. The zero-order valence-electron chi connectivity index (χ0n) is 14.9. The monoisotopic (exact) mass is 365 g/mol. The molecular formula is C21H19NO5. The second-order valence-corrected chi connectivity index (χ2v) is 6.88. The van der Waals surface area contributed by atoms with E-state index >= 15 is 0 Å². The third-order valence-corrected chi connectivity index (χ3v) is 4.71. The van der Waals surface area contributed by atoms with Crippen LogP contribution in [0.2, 0.25) is 0 Å². The Labute approximate surface area is 156 Å². The Morgan fingerprint density at radius 3 is 2.33 bits per heavy atom. The van der Waals surface area contributed by atoms with Gasteiger partial charge in [-0.15, -0.1) is 0 Å². The van der Waals surface area contributed by atoms with Gasteiger partial charge in [-0.1, -0.05) is 42.5 Å². The molecule has 0 heterocycles. The van der Waals surface area contributed by atoms with Crippen molar-refractivity contribution in [3.8, 4) is 11.1 Å². The Morgan fingerprint density at radius 1 is 1.04 bits per heavy atom. The number of hydrogen-bond donors (Lipinski definition) is 3. The number of ketones is 1. The molecule has 0 unspecified atom stereocenters. The van der Waals surface area contributed by atoms with E-state index in [9.17, 15) is 19.5 Å². The predicted octanol–water partition coefficient (Wildman–Crippen LogP) is 2.68. The molecule has 0 aliphatic heterocycles. The van der Waals surface area contributed by atoms with E-state index in [1.807, 2.05) is 42.5 Å². The van der Waals surface area contributed by atoms with Crippen molar-refractivity contribution in [1.82, 2.24) is 5.32 Å².